The fraction of sp³-hybridized carbons (Fsp3) is 0.800. The molecule has 0 aromatic heterocycles. The van der Waals surface area contributed by atoms with Crippen molar-refractivity contribution in [2.75, 3.05) is 6.61 Å². The molecule has 0 aromatic rings. The zero-order valence-electron chi connectivity index (χ0n) is 9.64. The molecule has 0 rings (SSSR count). The predicted molar refractivity (Wildman–Crippen MR) is 58.7 cm³/mol. The molecule has 0 radical (unpaired) electrons. The summed E-state index contributed by atoms with van der Waals surface area (Å²) in [5, 5.41) is 19.9. The number of hydrogen-bond acceptors (Lipinski definition) is 4. The summed E-state index contributed by atoms with van der Waals surface area (Å²) in [5.41, 5.74) is 5.52. The topological polar surface area (TPSA) is 113 Å². The van der Waals surface area contributed by atoms with Crippen molar-refractivity contribution >= 4 is 11.9 Å². The van der Waals surface area contributed by atoms with Crippen LogP contribution >= 0.6 is 0 Å². The number of carbonyl (C=O) groups is 2. The van der Waals surface area contributed by atoms with E-state index in [2.05, 4.69) is 5.32 Å². The van der Waals surface area contributed by atoms with E-state index in [9.17, 15) is 9.59 Å². The zero-order valence-corrected chi connectivity index (χ0v) is 9.64. The summed E-state index contributed by atoms with van der Waals surface area (Å²) in [7, 11) is 0. The standard InChI is InChI=1S/C10H20N2O4/c1-6(5-13)7(2)12-10(16)8(11)3-4-9(14)15/h6-8,13H,3-5,11H2,1-2H3,(H,12,16)(H,14,15). The third-order valence-corrected chi connectivity index (χ3v) is 2.52. The minimum Gasteiger partial charge on any atom is -0.481 e. The van der Waals surface area contributed by atoms with Gasteiger partial charge in [-0.25, -0.2) is 0 Å². The highest BCUT2D eigenvalue weighted by Gasteiger charge is 2.19. The second kappa shape index (κ2) is 7.19. The Bertz CT molecular complexity index is 245. The van der Waals surface area contributed by atoms with Gasteiger partial charge in [0.1, 0.15) is 0 Å². The third kappa shape index (κ3) is 5.67. The van der Waals surface area contributed by atoms with Gasteiger partial charge >= 0.3 is 5.97 Å². The van der Waals surface area contributed by atoms with Gasteiger partial charge in [-0.05, 0) is 19.3 Å². The Morgan fingerprint density at radius 2 is 1.94 bits per heavy atom. The van der Waals surface area contributed by atoms with E-state index in [1.165, 1.54) is 0 Å². The Balaban J connectivity index is 4.00. The van der Waals surface area contributed by atoms with E-state index in [4.69, 9.17) is 15.9 Å². The van der Waals surface area contributed by atoms with Crippen LogP contribution in [0.4, 0.5) is 0 Å². The molecular weight excluding hydrogens is 212 g/mol. The molecule has 0 saturated heterocycles. The maximum absolute atomic E-state index is 11.5. The molecule has 0 aliphatic carbocycles. The molecule has 0 aliphatic heterocycles. The Labute approximate surface area is 94.8 Å². The van der Waals surface area contributed by atoms with Crippen molar-refractivity contribution in [2.24, 2.45) is 11.7 Å². The molecule has 5 N–H and O–H groups in total. The molecule has 6 heteroatoms. The minimum atomic E-state index is -0.972. The Morgan fingerprint density at radius 3 is 2.38 bits per heavy atom. The summed E-state index contributed by atoms with van der Waals surface area (Å²) in [6.45, 7) is 3.54. The molecule has 0 aromatic carbocycles. The number of nitrogens with one attached hydrogen (secondary N) is 1. The van der Waals surface area contributed by atoms with E-state index >= 15 is 0 Å². The third-order valence-electron chi connectivity index (χ3n) is 2.52. The van der Waals surface area contributed by atoms with Gasteiger partial charge in [0.25, 0.3) is 0 Å². The van der Waals surface area contributed by atoms with E-state index in [0.29, 0.717) is 0 Å². The SMILES string of the molecule is CC(CO)C(C)NC(=O)C(N)CCC(=O)O. The van der Waals surface area contributed by atoms with Gasteiger partial charge in [-0.15, -0.1) is 0 Å². The van der Waals surface area contributed by atoms with Crippen LogP contribution in [0.25, 0.3) is 0 Å². The first kappa shape index (κ1) is 14.9. The number of carboxylic acid groups (broad SMARTS) is 1. The maximum atomic E-state index is 11.5. The van der Waals surface area contributed by atoms with Gasteiger partial charge in [-0.2, -0.15) is 0 Å². The van der Waals surface area contributed by atoms with Gasteiger partial charge in [-0.1, -0.05) is 6.92 Å². The summed E-state index contributed by atoms with van der Waals surface area (Å²) in [6.07, 6.45) is -0.0140. The highest BCUT2D eigenvalue weighted by molar-refractivity contribution is 5.82. The van der Waals surface area contributed by atoms with Crippen LogP contribution in [0.15, 0.2) is 0 Å². The van der Waals surface area contributed by atoms with Crippen LogP contribution in [0.1, 0.15) is 26.7 Å². The highest BCUT2D eigenvalue weighted by atomic mass is 16.4. The van der Waals surface area contributed by atoms with E-state index in [0.717, 1.165) is 0 Å². The van der Waals surface area contributed by atoms with Gasteiger partial charge in [0, 0.05) is 19.1 Å². The summed E-state index contributed by atoms with van der Waals surface area (Å²) >= 11 is 0. The van der Waals surface area contributed by atoms with E-state index in [1.54, 1.807) is 13.8 Å². The largest absolute Gasteiger partial charge is 0.481 e. The number of aliphatic carboxylic acids is 1. The van der Waals surface area contributed by atoms with E-state index in [1.807, 2.05) is 0 Å². The number of carboxylic acids is 1. The van der Waals surface area contributed by atoms with Crippen LogP contribution in [0.2, 0.25) is 0 Å². The van der Waals surface area contributed by atoms with Crippen LogP contribution in [0.3, 0.4) is 0 Å². The van der Waals surface area contributed by atoms with Gasteiger partial charge in [0.15, 0.2) is 0 Å². The van der Waals surface area contributed by atoms with Crippen LogP contribution in [-0.2, 0) is 9.59 Å². The molecule has 3 atom stereocenters. The van der Waals surface area contributed by atoms with Crippen LogP contribution < -0.4 is 11.1 Å². The number of hydrogen-bond donors (Lipinski definition) is 4. The van der Waals surface area contributed by atoms with E-state index in [-0.39, 0.29) is 37.3 Å². The summed E-state index contributed by atoms with van der Waals surface area (Å²) in [6, 6.07) is -1.00. The molecule has 94 valence electrons. The molecule has 0 spiro atoms. The van der Waals surface area contributed by atoms with Crippen molar-refractivity contribution in [1.29, 1.82) is 0 Å². The molecule has 0 heterocycles. The second-order valence-electron chi connectivity index (χ2n) is 4.00. The maximum Gasteiger partial charge on any atom is 0.303 e. The van der Waals surface area contributed by atoms with Crippen LogP contribution in [-0.4, -0.2) is 40.8 Å². The molecule has 6 nitrogen and oxygen atoms in total. The van der Waals surface area contributed by atoms with Gasteiger partial charge in [-0.3, -0.25) is 9.59 Å². The lowest BCUT2D eigenvalue weighted by molar-refractivity contribution is -0.137. The van der Waals surface area contributed by atoms with Crippen molar-refractivity contribution in [3.05, 3.63) is 0 Å². The van der Waals surface area contributed by atoms with Gasteiger partial charge in [0.2, 0.25) is 5.91 Å². The lowest BCUT2D eigenvalue weighted by atomic mass is 10.0. The summed E-state index contributed by atoms with van der Waals surface area (Å²) < 4.78 is 0. The average Bonchev–Trinajstić information content (AvgIpc) is 2.24. The van der Waals surface area contributed by atoms with Crippen LogP contribution in [0.5, 0.6) is 0 Å². The lowest BCUT2D eigenvalue weighted by Crippen LogP contribution is -2.47. The fourth-order valence-corrected chi connectivity index (χ4v) is 1.04. The number of nitrogens with two attached hydrogens (primary N) is 1. The Hall–Kier alpha value is -1.14. The minimum absolute atomic E-state index is 0.0220. The Morgan fingerprint density at radius 1 is 1.38 bits per heavy atom. The van der Waals surface area contributed by atoms with E-state index < -0.39 is 12.0 Å². The Kier molecular flexibility index (Phi) is 6.67. The lowest BCUT2D eigenvalue weighted by Gasteiger charge is -2.21. The molecule has 16 heavy (non-hydrogen) atoms. The first-order chi connectivity index (χ1) is 7.38. The summed E-state index contributed by atoms with van der Waals surface area (Å²) in [4.78, 5) is 21.8. The van der Waals surface area contributed by atoms with Gasteiger partial charge < -0.3 is 21.3 Å². The van der Waals surface area contributed by atoms with Crippen molar-refractivity contribution in [2.45, 2.75) is 38.8 Å². The molecule has 0 bridgehead atoms. The molecule has 0 aliphatic rings. The van der Waals surface area contributed by atoms with Crippen molar-refractivity contribution in [1.82, 2.24) is 5.32 Å². The smallest absolute Gasteiger partial charge is 0.303 e. The highest BCUT2D eigenvalue weighted by Crippen LogP contribution is 2.02. The molecule has 0 saturated carbocycles. The number of aliphatic hydroxyl groups is 1. The number of carbonyl (C=O) groups excluding carboxylic acids is 1. The van der Waals surface area contributed by atoms with Crippen molar-refractivity contribution in [3.63, 3.8) is 0 Å². The van der Waals surface area contributed by atoms with Crippen LogP contribution in [0, 0.1) is 5.92 Å². The predicted octanol–water partition coefficient (Wildman–Crippen LogP) is -0.688. The number of aliphatic hydroxyl groups excluding tert-OH is 1. The fourth-order valence-electron chi connectivity index (χ4n) is 1.04. The molecule has 3 unspecified atom stereocenters. The molecule has 0 fully saturated rings. The first-order valence-electron chi connectivity index (χ1n) is 5.27. The normalized spacial score (nSPS) is 16.2. The number of rotatable bonds is 7. The first-order valence-corrected chi connectivity index (χ1v) is 5.27. The van der Waals surface area contributed by atoms with Gasteiger partial charge in [0.05, 0.1) is 6.04 Å². The zero-order chi connectivity index (χ0) is 12.7. The van der Waals surface area contributed by atoms with Crippen molar-refractivity contribution < 1.29 is 19.8 Å². The molecular formula is C10H20N2O4. The average molecular weight is 232 g/mol. The summed E-state index contributed by atoms with van der Waals surface area (Å²) in [5.74, 6) is -1.41. The monoisotopic (exact) mass is 232 g/mol. The molecule has 1 amide bonds. The van der Waals surface area contributed by atoms with Crippen molar-refractivity contribution in [3.8, 4) is 0 Å². The quantitative estimate of drug-likeness (QED) is 0.464. The number of amides is 1. The second-order valence-corrected chi connectivity index (χ2v) is 4.00.